The lowest BCUT2D eigenvalue weighted by Gasteiger charge is -2.45. The van der Waals surface area contributed by atoms with Crippen LogP contribution in [0.1, 0.15) is 13.8 Å². The van der Waals surface area contributed by atoms with Gasteiger partial charge < -0.3 is 69.0 Å². The molecule has 0 amide bonds. The molecule has 15 nitrogen and oxygen atoms in total. The maximum absolute atomic E-state index is 13.7. The summed E-state index contributed by atoms with van der Waals surface area (Å²) < 4.78 is 33.6. The van der Waals surface area contributed by atoms with Crippen molar-refractivity contribution in [2.75, 3.05) is 7.11 Å². The number of phenols is 3. The summed E-state index contributed by atoms with van der Waals surface area (Å²) in [5, 5.41) is 82.4. The zero-order chi connectivity index (χ0) is 31.3. The Morgan fingerprint density at radius 2 is 1.42 bits per heavy atom. The highest BCUT2D eigenvalue weighted by molar-refractivity contribution is 5.88. The second-order valence-electron chi connectivity index (χ2n) is 10.4. The van der Waals surface area contributed by atoms with E-state index in [1.165, 1.54) is 39.2 Å². The normalized spacial score (nSPS) is 32.9. The lowest BCUT2D eigenvalue weighted by Crippen LogP contribution is -2.63. The number of aromatic hydroxyl groups is 3. The van der Waals surface area contributed by atoms with Crippen LogP contribution in [0.3, 0.4) is 0 Å². The van der Waals surface area contributed by atoms with Crippen molar-refractivity contribution in [1.29, 1.82) is 0 Å². The number of aliphatic hydroxyl groups excluding tert-OH is 5. The number of hydrogen-bond donors (Lipinski definition) is 8. The number of methoxy groups -OCH3 is 1. The number of fused-ring (bicyclic) bond motifs is 1. The molecule has 2 aliphatic heterocycles. The molecule has 2 aromatic carbocycles. The standard InChI is InChI=1S/C28H32O15/c1-9-18(32)20(34)22(36)27(39-9)42-24-10(2)40-28(23(37)21(24)35)43-26-19(33)17-15(31)7-12(38-3)8-16(17)41-25(26)11-4-5-13(29)14(30)6-11/h4-10,18,20-24,27-32,34-37H,1-3H3/t9-,10+,18+,20+,21+,22-,23+,24+,27+,28+/m1/s1. The monoisotopic (exact) mass is 608 g/mol. The van der Waals surface area contributed by atoms with Gasteiger partial charge in [0.15, 0.2) is 23.5 Å². The summed E-state index contributed by atoms with van der Waals surface area (Å²) in [5.41, 5.74) is -0.957. The molecule has 0 radical (unpaired) electrons. The first-order valence-electron chi connectivity index (χ1n) is 13.3. The fraction of sp³-hybridized carbons (Fsp3) is 0.464. The predicted octanol–water partition coefficient (Wildman–Crippen LogP) is -0.356. The number of aliphatic hydroxyl groups is 5. The van der Waals surface area contributed by atoms with Crippen molar-refractivity contribution in [2.24, 2.45) is 0 Å². The molecule has 3 aromatic rings. The maximum Gasteiger partial charge on any atom is 0.239 e. The van der Waals surface area contributed by atoms with Gasteiger partial charge in [-0.2, -0.15) is 0 Å². The van der Waals surface area contributed by atoms with E-state index in [2.05, 4.69) is 0 Å². The Balaban J connectivity index is 1.49. The van der Waals surface area contributed by atoms with E-state index in [-0.39, 0.29) is 28.0 Å². The van der Waals surface area contributed by atoms with Crippen molar-refractivity contribution in [1.82, 2.24) is 0 Å². The molecule has 2 fully saturated rings. The van der Waals surface area contributed by atoms with Gasteiger partial charge in [-0.05, 0) is 32.0 Å². The van der Waals surface area contributed by atoms with E-state index in [0.717, 1.165) is 12.1 Å². The van der Waals surface area contributed by atoms with Crippen LogP contribution in [-0.2, 0) is 14.2 Å². The summed E-state index contributed by atoms with van der Waals surface area (Å²) in [6.07, 6.45) is -14.8. The van der Waals surface area contributed by atoms with Crippen LogP contribution in [0.2, 0.25) is 0 Å². The largest absolute Gasteiger partial charge is 0.507 e. The Bertz CT molecular complexity index is 1540. The average Bonchev–Trinajstić information content (AvgIpc) is 2.97. The first kappa shape index (κ1) is 30.8. The van der Waals surface area contributed by atoms with Gasteiger partial charge in [0.2, 0.25) is 17.5 Å². The van der Waals surface area contributed by atoms with E-state index in [9.17, 15) is 45.6 Å². The molecule has 0 bridgehead atoms. The molecule has 0 saturated carbocycles. The van der Waals surface area contributed by atoms with Crippen LogP contribution in [0, 0.1) is 0 Å². The van der Waals surface area contributed by atoms with Crippen LogP contribution in [0.25, 0.3) is 22.3 Å². The summed E-state index contributed by atoms with van der Waals surface area (Å²) in [5.74, 6) is -2.19. The molecule has 8 N–H and O–H groups in total. The smallest absolute Gasteiger partial charge is 0.239 e. The van der Waals surface area contributed by atoms with E-state index in [1.54, 1.807) is 0 Å². The van der Waals surface area contributed by atoms with Crippen molar-refractivity contribution in [3.05, 3.63) is 40.6 Å². The van der Waals surface area contributed by atoms with Crippen molar-refractivity contribution < 1.29 is 69.0 Å². The quantitative estimate of drug-likeness (QED) is 0.167. The fourth-order valence-corrected chi connectivity index (χ4v) is 5.03. The molecule has 5 rings (SSSR count). The van der Waals surface area contributed by atoms with Gasteiger partial charge in [-0.25, -0.2) is 0 Å². The van der Waals surface area contributed by atoms with Crippen molar-refractivity contribution in [3.8, 4) is 40.1 Å². The Morgan fingerprint density at radius 1 is 0.744 bits per heavy atom. The van der Waals surface area contributed by atoms with Crippen LogP contribution >= 0.6 is 0 Å². The SMILES string of the molecule is COc1cc(O)c2c(=O)c(O[C@@H]3O[C@@H](C)[C@H](O[C@@H]4O[C@H](C)[C@H](O)[C@H](O)[C@H]4O)[C@@H](O)[C@@H]3O)c(-c3ccc(O)c(O)c3)oc2c1. The Hall–Kier alpha value is -3.67. The van der Waals surface area contributed by atoms with Gasteiger partial charge in [-0.3, -0.25) is 4.79 Å². The molecule has 0 unspecified atom stereocenters. The van der Waals surface area contributed by atoms with Gasteiger partial charge in [-0.1, -0.05) is 0 Å². The van der Waals surface area contributed by atoms with Crippen LogP contribution in [-0.4, -0.2) is 109 Å². The zero-order valence-corrected chi connectivity index (χ0v) is 23.1. The Morgan fingerprint density at radius 3 is 2.09 bits per heavy atom. The third-order valence-electron chi connectivity index (χ3n) is 7.49. The number of rotatable bonds is 6. The summed E-state index contributed by atoms with van der Waals surface area (Å²) >= 11 is 0. The van der Waals surface area contributed by atoms with Crippen LogP contribution in [0.4, 0.5) is 0 Å². The van der Waals surface area contributed by atoms with Gasteiger partial charge in [0, 0.05) is 17.7 Å². The minimum atomic E-state index is -1.87. The second kappa shape index (κ2) is 11.8. The third kappa shape index (κ3) is 5.57. The molecule has 234 valence electrons. The molecular formula is C28H32O15. The fourth-order valence-electron chi connectivity index (χ4n) is 5.03. The highest BCUT2D eigenvalue weighted by Crippen LogP contribution is 2.40. The van der Waals surface area contributed by atoms with Gasteiger partial charge in [0.25, 0.3) is 0 Å². The van der Waals surface area contributed by atoms with Crippen molar-refractivity contribution >= 4 is 11.0 Å². The van der Waals surface area contributed by atoms with Crippen LogP contribution in [0.5, 0.6) is 28.7 Å². The van der Waals surface area contributed by atoms with E-state index < -0.39 is 89.8 Å². The van der Waals surface area contributed by atoms with Crippen LogP contribution in [0.15, 0.2) is 39.5 Å². The van der Waals surface area contributed by atoms with Crippen molar-refractivity contribution in [2.45, 2.75) is 75.3 Å². The number of phenolic OH excluding ortho intramolecular Hbond substituents is 3. The highest BCUT2D eigenvalue weighted by Gasteiger charge is 2.50. The zero-order valence-electron chi connectivity index (χ0n) is 23.1. The Labute approximate surface area is 243 Å². The molecule has 1 aromatic heterocycles. The van der Waals surface area contributed by atoms with E-state index in [1.807, 2.05) is 0 Å². The molecule has 15 heteroatoms. The average molecular weight is 609 g/mol. The third-order valence-corrected chi connectivity index (χ3v) is 7.49. The van der Waals surface area contributed by atoms with E-state index in [4.69, 9.17) is 28.1 Å². The predicted molar refractivity (Wildman–Crippen MR) is 144 cm³/mol. The summed E-state index contributed by atoms with van der Waals surface area (Å²) in [4.78, 5) is 13.7. The van der Waals surface area contributed by atoms with E-state index in [0.29, 0.717) is 0 Å². The molecule has 2 saturated heterocycles. The minimum Gasteiger partial charge on any atom is -0.507 e. The van der Waals surface area contributed by atoms with Gasteiger partial charge >= 0.3 is 0 Å². The number of benzene rings is 2. The van der Waals surface area contributed by atoms with Crippen LogP contribution < -0.4 is 14.9 Å². The topological polar surface area (TPSA) is 238 Å². The summed E-state index contributed by atoms with van der Waals surface area (Å²) in [6.45, 7) is 2.89. The molecule has 10 atom stereocenters. The first-order chi connectivity index (χ1) is 20.3. The molecule has 0 spiro atoms. The molecular weight excluding hydrogens is 576 g/mol. The summed E-state index contributed by atoms with van der Waals surface area (Å²) in [7, 11) is 1.34. The molecule has 0 aliphatic carbocycles. The Kier molecular flexibility index (Phi) is 8.43. The van der Waals surface area contributed by atoms with Gasteiger partial charge in [0.05, 0.1) is 19.3 Å². The van der Waals surface area contributed by atoms with Gasteiger partial charge in [-0.15, -0.1) is 0 Å². The second-order valence-corrected chi connectivity index (χ2v) is 10.4. The molecule has 2 aliphatic rings. The highest BCUT2D eigenvalue weighted by atomic mass is 16.7. The van der Waals surface area contributed by atoms with E-state index >= 15 is 0 Å². The first-order valence-corrected chi connectivity index (χ1v) is 13.3. The minimum absolute atomic E-state index is 0.0602. The number of ether oxygens (including phenoxy) is 5. The van der Waals surface area contributed by atoms with Gasteiger partial charge in [0.1, 0.15) is 59.1 Å². The molecule has 43 heavy (non-hydrogen) atoms. The lowest BCUT2D eigenvalue weighted by atomic mass is 9.97. The summed E-state index contributed by atoms with van der Waals surface area (Å²) in [6, 6.07) is 6.05. The van der Waals surface area contributed by atoms with Crippen molar-refractivity contribution in [3.63, 3.8) is 0 Å². The maximum atomic E-state index is 13.7. The lowest BCUT2D eigenvalue weighted by molar-refractivity contribution is -0.345. The molecule has 3 heterocycles. The number of hydrogen-bond acceptors (Lipinski definition) is 15.